The Morgan fingerprint density at radius 3 is 2.53 bits per heavy atom. The quantitative estimate of drug-likeness (QED) is 0.360. The second-order valence-electron chi connectivity index (χ2n) is 6.83. The van der Waals surface area contributed by atoms with E-state index in [1.54, 1.807) is 31.4 Å². The zero-order valence-corrected chi connectivity index (χ0v) is 20.9. The second-order valence-corrected chi connectivity index (χ2v) is 8.99. The van der Waals surface area contributed by atoms with Crippen LogP contribution in [0.3, 0.4) is 0 Å². The molecule has 0 aliphatic carbocycles. The normalized spacial score (nSPS) is 14.8. The van der Waals surface area contributed by atoms with Gasteiger partial charge in [-0.05, 0) is 89.2 Å². The number of nitrogens with one attached hydrogen (secondary N) is 1. The van der Waals surface area contributed by atoms with E-state index < -0.39 is 17.1 Å². The van der Waals surface area contributed by atoms with Crippen molar-refractivity contribution in [2.24, 2.45) is 0 Å². The molecule has 0 bridgehead atoms. The van der Waals surface area contributed by atoms with Crippen LogP contribution >= 0.6 is 34.4 Å². The first-order valence-electron chi connectivity index (χ1n) is 10.0. The molecule has 0 aromatic heterocycles. The number of imide groups is 1. The van der Waals surface area contributed by atoms with Crippen molar-refractivity contribution in [3.63, 3.8) is 0 Å². The van der Waals surface area contributed by atoms with Crippen molar-refractivity contribution in [2.45, 2.75) is 20.3 Å². The van der Waals surface area contributed by atoms with Gasteiger partial charge in [-0.3, -0.25) is 19.3 Å². The number of rotatable bonds is 8. The van der Waals surface area contributed by atoms with E-state index >= 15 is 0 Å². The van der Waals surface area contributed by atoms with Gasteiger partial charge in [0.15, 0.2) is 11.5 Å². The molecule has 1 fully saturated rings. The minimum Gasteiger partial charge on any atom is -0.493 e. The van der Waals surface area contributed by atoms with Crippen LogP contribution in [0.4, 0.5) is 10.5 Å². The van der Waals surface area contributed by atoms with E-state index in [0.717, 1.165) is 32.2 Å². The molecule has 1 heterocycles. The average molecular weight is 566 g/mol. The third-order valence-corrected chi connectivity index (χ3v) is 6.37. The van der Waals surface area contributed by atoms with Crippen LogP contribution in [0.25, 0.3) is 6.08 Å². The van der Waals surface area contributed by atoms with Crippen LogP contribution in [0.15, 0.2) is 41.3 Å². The molecule has 0 saturated carbocycles. The largest absolute Gasteiger partial charge is 0.493 e. The third-order valence-electron chi connectivity index (χ3n) is 4.66. The van der Waals surface area contributed by atoms with Crippen LogP contribution < -0.4 is 14.8 Å². The summed E-state index contributed by atoms with van der Waals surface area (Å²) in [6.45, 7) is 4.08. The van der Waals surface area contributed by atoms with E-state index in [1.807, 2.05) is 32.0 Å². The zero-order valence-electron chi connectivity index (χ0n) is 17.9. The van der Waals surface area contributed by atoms with Crippen molar-refractivity contribution in [2.75, 3.05) is 25.6 Å². The molecule has 2 aromatic rings. The number of hydrogen-bond donors (Lipinski definition) is 1. The molecule has 2 aromatic carbocycles. The maximum Gasteiger partial charge on any atom is 0.294 e. The van der Waals surface area contributed by atoms with E-state index in [2.05, 4.69) is 27.9 Å². The highest BCUT2D eigenvalue weighted by Gasteiger charge is 2.36. The maximum absolute atomic E-state index is 12.8. The number of carbonyl (C=O) groups excluding carboxylic acids is 3. The summed E-state index contributed by atoms with van der Waals surface area (Å²) in [6.07, 6.45) is 2.52. The number of halogens is 1. The number of thioether (sulfide) groups is 1. The molecule has 168 valence electrons. The predicted molar refractivity (Wildman–Crippen MR) is 134 cm³/mol. The predicted octanol–water partition coefficient (Wildman–Crippen LogP) is 4.94. The molecule has 1 aliphatic rings. The van der Waals surface area contributed by atoms with Gasteiger partial charge in [-0.25, -0.2) is 0 Å². The van der Waals surface area contributed by atoms with Crippen LogP contribution in [0.2, 0.25) is 0 Å². The van der Waals surface area contributed by atoms with Crippen LogP contribution in [0.5, 0.6) is 11.5 Å². The first-order valence-corrected chi connectivity index (χ1v) is 11.9. The molecule has 1 aliphatic heterocycles. The number of amides is 3. The van der Waals surface area contributed by atoms with Gasteiger partial charge >= 0.3 is 0 Å². The number of methoxy groups -OCH3 is 1. The highest BCUT2D eigenvalue weighted by Crippen LogP contribution is 2.37. The van der Waals surface area contributed by atoms with Gasteiger partial charge in [0, 0.05) is 5.69 Å². The van der Waals surface area contributed by atoms with Gasteiger partial charge in [0.2, 0.25) is 5.91 Å². The standard InChI is InChI=1S/C23H23IN2O5S/c1-4-14-6-8-16(9-7-14)25-20(27)13-26-22(28)19(32-23(26)29)12-15-10-17(24)21(31-5-2)18(11-15)30-3/h6-12H,4-5,13H2,1-3H3,(H,25,27)/b19-12+. The molecule has 7 nitrogen and oxygen atoms in total. The fraction of sp³-hybridized carbons (Fsp3) is 0.261. The number of ether oxygens (including phenoxy) is 2. The Balaban J connectivity index is 1.73. The molecule has 0 unspecified atom stereocenters. The molecule has 32 heavy (non-hydrogen) atoms. The van der Waals surface area contributed by atoms with Gasteiger partial charge < -0.3 is 14.8 Å². The number of benzene rings is 2. The monoisotopic (exact) mass is 566 g/mol. The average Bonchev–Trinajstić information content (AvgIpc) is 3.03. The number of nitrogens with zero attached hydrogens (tertiary/aromatic N) is 1. The zero-order chi connectivity index (χ0) is 23.3. The molecular weight excluding hydrogens is 543 g/mol. The second kappa shape index (κ2) is 10.9. The minimum absolute atomic E-state index is 0.247. The van der Waals surface area contributed by atoms with E-state index in [9.17, 15) is 14.4 Å². The van der Waals surface area contributed by atoms with Crippen molar-refractivity contribution < 1.29 is 23.9 Å². The molecule has 1 saturated heterocycles. The van der Waals surface area contributed by atoms with Crippen molar-refractivity contribution in [1.29, 1.82) is 0 Å². The molecular formula is C23H23IN2O5S. The molecule has 3 rings (SSSR count). The lowest BCUT2D eigenvalue weighted by atomic mass is 10.1. The van der Waals surface area contributed by atoms with Gasteiger partial charge in [0.1, 0.15) is 6.54 Å². The van der Waals surface area contributed by atoms with Gasteiger partial charge in [0.25, 0.3) is 11.1 Å². The Morgan fingerprint density at radius 1 is 1.19 bits per heavy atom. The Morgan fingerprint density at radius 2 is 1.91 bits per heavy atom. The fourth-order valence-corrected chi connectivity index (χ4v) is 4.68. The van der Waals surface area contributed by atoms with E-state index in [4.69, 9.17) is 9.47 Å². The Kier molecular flexibility index (Phi) is 8.19. The fourth-order valence-electron chi connectivity index (χ4n) is 3.06. The van der Waals surface area contributed by atoms with E-state index in [1.165, 1.54) is 0 Å². The Hall–Kier alpha value is -2.53. The Labute approximate surface area is 204 Å². The topological polar surface area (TPSA) is 84.9 Å². The minimum atomic E-state index is -0.501. The van der Waals surface area contributed by atoms with Gasteiger partial charge in [-0.2, -0.15) is 0 Å². The van der Waals surface area contributed by atoms with Crippen LogP contribution in [-0.2, 0) is 16.0 Å². The summed E-state index contributed by atoms with van der Waals surface area (Å²) in [5.41, 5.74) is 2.46. The summed E-state index contributed by atoms with van der Waals surface area (Å²) in [6, 6.07) is 11.0. The lowest BCUT2D eigenvalue weighted by Crippen LogP contribution is -2.36. The van der Waals surface area contributed by atoms with Crippen molar-refractivity contribution in [1.82, 2.24) is 4.90 Å². The van der Waals surface area contributed by atoms with Gasteiger partial charge in [-0.1, -0.05) is 19.1 Å². The smallest absolute Gasteiger partial charge is 0.294 e. The molecule has 1 N–H and O–H groups in total. The Bertz CT molecular complexity index is 1070. The molecule has 0 atom stereocenters. The number of carbonyl (C=O) groups is 3. The first kappa shape index (κ1) is 24.1. The van der Waals surface area contributed by atoms with E-state index in [-0.39, 0.29) is 11.4 Å². The third kappa shape index (κ3) is 5.63. The number of hydrogen-bond acceptors (Lipinski definition) is 6. The highest BCUT2D eigenvalue weighted by molar-refractivity contribution is 14.1. The van der Waals surface area contributed by atoms with Gasteiger partial charge in [-0.15, -0.1) is 0 Å². The van der Waals surface area contributed by atoms with Crippen LogP contribution in [0, 0.1) is 3.57 Å². The lowest BCUT2D eigenvalue weighted by Gasteiger charge is -2.13. The first-order chi connectivity index (χ1) is 15.4. The van der Waals surface area contributed by atoms with Crippen molar-refractivity contribution in [3.8, 4) is 11.5 Å². The number of aryl methyl sites for hydroxylation is 1. The summed E-state index contributed by atoms with van der Waals surface area (Å²) in [7, 11) is 1.54. The van der Waals surface area contributed by atoms with Crippen LogP contribution in [0.1, 0.15) is 25.0 Å². The highest BCUT2D eigenvalue weighted by atomic mass is 127. The molecule has 0 spiro atoms. The van der Waals surface area contributed by atoms with Crippen molar-refractivity contribution >= 4 is 63.2 Å². The van der Waals surface area contributed by atoms with E-state index in [0.29, 0.717) is 29.4 Å². The lowest BCUT2D eigenvalue weighted by molar-refractivity contribution is -0.127. The van der Waals surface area contributed by atoms with Crippen molar-refractivity contribution in [3.05, 3.63) is 56.0 Å². The summed E-state index contributed by atoms with van der Waals surface area (Å²) in [5.74, 6) is 0.233. The molecule has 9 heteroatoms. The summed E-state index contributed by atoms with van der Waals surface area (Å²) in [4.78, 5) is 38.7. The molecule has 0 radical (unpaired) electrons. The van der Waals surface area contributed by atoms with Gasteiger partial charge in [0.05, 0.1) is 22.2 Å². The summed E-state index contributed by atoms with van der Waals surface area (Å²) < 4.78 is 11.8. The molecule has 3 amide bonds. The maximum atomic E-state index is 12.8. The summed E-state index contributed by atoms with van der Waals surface area (Å²) >= 11 is 2.94. The summed E-state index contributed by atoms with van der Waals surface area (Å²) in [5, 5.41) is 2.24. The SMILES string of the molecule is CCOc1c(I)cc(/C=C2/SC(=O)N(CC(=O)Nc3ccc(CC)cc3)C2=O)cc1OC. The van der Waals surface area contributed by atoms with Crippen LogP contribution in [-0.4, -0.2) is 42.2 Å². The number of anilines is 1.